The van der Waals surface area contributed by atoms with Gasteiger partial charge in [0, 0.05) is 13.1 Å². The number of guanidine groups is 1. The Kier molecular flexibility index (Phi) is 10.3. The predicted octanol–water partition coefficient (Wildman–Crippen LogP) is 3.31. The first-order chi connectivity index (χ1) is 14.1. The highest BCUT2D eigenvalue weighted by atomic mass is 16.6. The molecule has 3 N–H and O–H groups in total. The van der Waals surface area contributed by atoms with Crippen LogP contribution in [0.25, 0.3) is 0 Å². The topological polar surface area (TPSA) is 93.2 Å². The lowest BCUT2D eigenvalue weighted by Crippen LogP contribution is -2.50. The minimum atomic E-state index is -0.533. The molecular weight excluding hydrogens is 384 g/mol. The Hall–Kier alpha value is -2.64. The van der Waals surface area contributed by atoms with E-state index in [1.165, 1.54) is 0 Å². The van der Waals surface area contributed by atoms with Gasteiger partial charge in [0.1, 0.15) is 5.60 Å². The molecule has 0 spiro atoms. The van der Waals surface area contributed by atoms with Crippen LogP contribution in [-0.2, 0) is 11.3 Å². The van der Waals surface area contributed by atoms with Crippen molar-refractivity contribution in [2.45, 2.75) is 59.7 Å². The number of amides is 1. The summed E-state index contributed by atoms with van der Waals surface area (Å²) in [5.41, 5.74) is 0.464. The second kappa shape index (κ2) is 12.1. The van der Waals surface area contributed by atoms with Crippen LogP contribution < -0.4 is 25.4 Å². The SMILES string of the molecule is CCNC(=NCc1ccc(OC)c(OC)c1)NCC(NC(=O)OC(C)(C)C)C(C)C. The molecule has 8 nitrogen and oxygen atoms in total. The molecule has 0 bridgehead atoms. The molecule has 0 fully saturated rings. The number of hydrogen-bond acceptors (Lipinski definition) is 5. The van der Waals surface area contributed by atoms with Gasteiger partial charge in [-0.1, -0.05) is 19.9 Å². The van der Waals surface area contributed by atoms with Gasteiger partial charge in [-0.25, -0.2) is 9.79 Å². The van der Waals surface area contributed by atoms with Crippen molar-refractivity contribution >= 4 is 12.1 Å². The second-order valence-corrected chi connectivity index (χ2v) is 8.26. The minimum absolute atomic E-state index is 0.107. The molecule has 1 aromatic carbocycles. The van der Waals surface area contributed by atoms with Crippen molar-refractivity contribution in [3.8, 4) is 11.5 Å². The van der Waals surface area contributed by atoms with Gasteiger partial charge in [-0.3, -0.25) is 0 Å². The van der Waals surface area contributed by atoms with Gasteiger partial charge in [-0.15, -0.1) is 0 Å². The number of hydrogen-bond donors (Lipinski definition) is 3. The number of ether oxygens (including phenoxy) is 3. The molecule has 0 aliphatic carbocycles. The van der Waals surface area contributed by atoms with Gasteiger partial charge in [0.2, 0.25) is 0 Å². The van der Waals surface area contributed by atoms with Crippen LogP contribution in [0.5, 0.6) is 11.5 Å². The first-order valence-corrected chi connectivity index (χ1v) is 10.3. The van der Waals surface area contributed by atoms with Crippen LogP contribution in [0.3, 0.4) is 0 Å². The maximum Gasteiger partial charge on any atom is 0.407 e. The van der Waals surface area contributed by atoms with E-state index in [1.807, 2.05) is 45.9 Å². The average molecular weight is 423 g/mol. The van der Waals surface area contributed by atoms with Gasteiger partial charge >= 0.3 is 6.09 Å². The Labute approximate surface area is 180 Å². The number of alkyl carbamates (subject to hydrolysis) is 1. The Morgan fingerprint density at radius 3 is 2.30 bits per heavy atom. The molecule has 0 saturated heterocycles. The fourth-order valence-corrected chi connectivity index (χ4v) is 2.61. The molecule has 170 valence electrons. The summed E-state index contributed by atoms with van der Waals surface area (Å²) < 4.78 is 16.0. The number of benzene rings is 1. The summed E-state index contributed by atoms with van der Waals surface area (Å²) in [5.74, 6) is 2.25. The lowest BCUT2D eigenvalue weighted by Gasteiger charge is -2.26. The zero-order valence-electron chi connectivity index (χ0n) is 19.6. The molecule has 1 aromatic rings. The van der Waals surface area contributed by atoms with Crippen molar-refractivity contribution in [2.75, 3.05) is 27.3 Å². The molecule has 0 aliphatic rings. The molecule has 30 heavy (non-hydrogen) atoms. The number of aliphatic imine (C=N–C) groups is 1. The summed E-state index contributed by atoms with van der Waals surface area (Å²) in [7, 11) is 3.22. The third kappa shape index (κ3) is 9.24. The van der Waals surface area contributed by atoms with Crippen LogP contribution in [0, 0.1) is 5.92 Å². The number of carbonyl (C=O) groups is 1. The second-order valence-electron chi connectivity index (χ2n) is 8.26. The largest absolute Gasteiger partial charge is 0.493 e. The van der Waals surface area contributed by atoms with Crippen LogP contribution in [0.15, 0.2) is 23.2 Å². The predicted molar refractivity (Wildman–Crippen MR) is 120 cm³/mol. The first-order valence-electron chi connectivity index (χ1n) is 10.3. The maximum absolute atomic E-state index is 12.1. The van der Waals surface area contributed by atoms with Gasteiger partial charge in [0.15, 0.2) is 17.5 Å². The van der Waals surface area contributed by atoms with Gasteiger partial charge in [-0.2, -0.15) is 0 Å². The number of methoxy groups -OCH3 is 2. The third-order valence-corrected chi connectivity index (χ3v) is 4.21. The van der Waals surface area contributed by atoms with Crippen molar-refractivity contribution in [2.24, 2.45) is 10.9 Å². The number of nitrogens with one attached hydrogen (secondary N) is 3. The summed E-state index contributed by atoms with van der Waals surface area (Å²) in [5, 5.41) is 9.47. The van der Waals surface area contributed by atoms with Crippen LogP contribution in [-0.4, -0.2) is 51.0 Å². The molecule has 1 amide bonds. The summed E-state index contributed by atoms with van der Waals surface area (Å²) in [6, 6.07) is 5.62. The van der Waals surface area contributed by atoms with E-state index < -0.39 is 11.7 Å². The molecule has 1 atom stereocenters. The highest BCUT2D eigenvalue weighted by Gasteiger charge is 2.21. The Bertz CT molecular complexity index is 699. The number of nitrogens with zero attached hydrogens (tertiary/aromatic N) is 1. The monoisotopic (exact) mass is 422 g/mol. The summed E-state index contributed by atoms with van der Waals surface area (Å²) in [4.78, 5) is 16.8. The molecule has 0 heterocycles. The molecule has 0 radical (unpaired) electrons. The first kappa shape index (κ1) is 25.4. The molecule has 0 aliphatic heterocycles. The Morgan fingerprint density at radius 2 is 1.77 bits per heavy atom. The lowest BCUT2D eigenvalue weighted by molar-refractivity contribution is 0.0491. The molecule has 8 heteroatoms. The van der Waals surface area contributed by atoms with Crippen molar-refractivity contribution < 1.29 is 19.0 Å². The van der Waals surface area contributed by atoms with Crippen molar-refractivity contribution in [1.29, 1.82) is 0 Å². The van der Waals surface area contributed by atoms with E-state index in [0.29, 0.717) is 30.5 Å². The van der Waals surface area contributed by atoms with Crippen molar-refractivity contribution in [3.63, 3.8) is 0 Å². The van der Waals surface area contributed by atoms with Crippen LogP contribution in [0.4, 0.5) is 4.79 Å². The van der Waals surface area contributed by atoms with E-state index in [4.69, 9.17) is 14.2 Å². The van der Waals surface area contributed by atoms with Gasteiger partial charge in [0.05, 0.1) is 26.8 Å². The highest BCUT2D eigenvalue weighted by Crippen LogP contribution is 2.27. The summed E-state index contributed by atoms with van der Waals surface area (Å²) >= 11 is 0. The highest BCUT2D eigenvalue weighted by molar-refractivity contribution is 5.79. The van der Waals surface area contributed by atoms with Crippen molar-refractivity contribution in [1.82, 2.24) is 16.0 Å². The van der Waals surface area contributed by atoms with Gasteiger partial charge in [-0.05, 0) is 51.3 Å². The zero-order valence-corrected chi connectivity index (χ0v) is 19.6. The standard InChI is InChI=1S/C22H38N4O4/c1-9-23-20(24-13-16-10-11-18(28-7)19(12-16)29-8)25-14-17(15(2)3)26-21(27)30-22(4,5)6/h10-12,15,17H,9,13-14H2,1-8H3,(H,26,27)(H2,23,24,25). The molecule has 0 aromatic heterocycles. The molecular formula is C22H38N4O4. The number of rotatable bonds is 9. The smallest absolute Gasteiger partial charge is 0.407 e. The third-order valence-electron chi connectivity index (χ3n) is 4.21. The normalized spacial score (nSPS) is 12.9. The average Bonchev–Trinajstić information content (AvgIpc) is 2.67. The number of carbonyl (C=O) groups excluding carboxylic acids is 1. The fourth-order valence-electron chi connectivity index (χ4n) is 2.61. The van der Waals surface area contributed by atoms with Gasteiger partial charge in [0.25, 0.3) is 0 Å². The lowest BCUT2D eigenvalue weighted by atomic mass is 10.0. The summed E-state index contributed by atoms with van der Waals surface area (Å²) in [6.07, 6.45) is -0.421. The molecule has 1 unspecified atom stereocenters. The minimum Gasteiger partial charge on any atom is -0.493 e. The Balaban J connectivity index is 2.78. The Morgan fingerprint density at radius 1 is 1.10 bits per heavy atom. The molecule has 1 rings (SSSR count). The quantitative estimate of drug-likeness (QED) is 0.418. The van der Waals surface area contributed by atoms with E-state index in [1.54, 1.807) is 14.2 Å². The van der Waals surface area contributed by atoms with Crippen LogP contribution in [0.2, 0.25) is 0 Å². The van der Waals surface area contributed by atoms with Crippen LogP contribution in [0.1, 0.15) is 47.1 Å². The van der Waals surface area contributed by atoms with E-state index >= 15 is 0 Å². The summed E-state index contributed by atoms with van der Waals surface area (Å²) in [6.45, 7) is 13.4. The maximum atomic E-state index is 12.1. The molecule has 0 saturated carbocycles. The van der Waals surface area contributed by atoms with E-state index in [9.17, 15) is 4.79 Å². The van der Waals surface area contributed by atoms with Crippen LogP contribution >= 0.6 is 0 Å². The van der Waals surface area contributed by atoms with Gasteiger partial charge < -0.3 is 30.2 Å². The fraction of sp³-hybridized carbons (Fsp3) is 0.636. The van der Waals surface area contributed by atoms with E-state index in [-0.39, 0.29) is 12.0 Å². The van der Waals surface area contributed by atoms with E-state index in [2.05, 4.69) is 34.8 Å². The van der Waals surface area contributed by atoms with Crippen molar-refractivity contribution in [3.05, 3.63) is 23.8 Å². The van der Waals surface area contributed by atoms with E-state index in [0.717, 1.165) is 12.1 Å². The zero-order chi connectivity index (χ0) is 22.7.